The molecule has 5 nitrogen and oxygen atoms in total. The SMILES string of the molecule is COc1cc2c(cc1OC)CN(C(=O)COc1c(C)cc(Cl)cc1Cl)CC2. The number of nitrogens with zero attached hydrogens (tertiary/aromatic N) is 1. The molecule has 2 aromatic carbocycles. The van der Waals surface area contributed by atoms with E-state index in [9.17, 15) is 4.79 Å². The largest absolute Gasteiger partial charge is 0.493 e. The standard InChI is InChI=1S/C20H21Cl2NO4/c1-12-6-15(21)9-16(22)20(12)27-11-19(24)23-5-4-13-7-17(25-2)18(26-3)8-14(13)10-23/h6-9H,4-5,10-11H2,1-3H3. The molecule has 0 aliphatic carbocycles. The summed E-state index contributed by atoms with van der Waals surface area (Å²) in [4.78, 5) is 14.4. The highest BCUT2D eigenvalue weighted by molar-refractivity contribution is 6.35. The van der Waals surface area contributed by atoms with Crippen molar-refractivity contribution in [1.29, 1.82) is 0 Å². The number of methoxy groups -OCH3 is 2. The molecule has 0 N–H and O–H groups in total. The summed E-state index contributed by atoms with van der Waals surface area (Å²) in [5.74, 6) is 1.75. The van der Waals surface area contributed by atoms with Gasteiger partial charge in [-0.3, -0.25) is 4.79 Å². The summed E-state index contributed by atoms with van der Waals surface area (Å²) in [6.07, 6.45) is 0.752. The number of fused-ring (bicyclic) bond motifs is 1. The highest BCUT2D eigenvalue weighted by Gasteiger charge is 2.23. The highest BCUT2D eigenvalue weighted by atomic mass is 35.5. The quantitative estimate of drug-likeness (QED) is 0.738. The molecule has 0 bridgehead atoms. The van der Waals surface area contributed by atoms with Crippen LogP contribution in [0.25, 0.3) is 0 Å². The molecule has 7 heteroatoms. The lowest BCUT2D eigenvalue weighted by molar-refractivity contribution is -0.134. The number of aryl methyl sites for hydroxylation is 1. The van der Waals surface area contributed by atoms with Crippen LogP contribution in [0.4, 0.5) is 0 Å². The first kappa shape index (κ1) is 19.6. The average molecular weight is 410 g/mol. The monoisotopic (exact) mass is 409 g/mol. The summed E-state index contributed by atoms with van der Waals surface area (Å²) >= 11 is 12.1. The zero-order valence-corrected chi connectivity index (χ0v) is 17.0. The number of amides is 1. The second-order valence-electron chi connectivity index (χ2n) is 6.36. The summed E-state index contributed by atoms with van der Waals surface area (Å²) in [5.41, 5.74) is 3.00. The van der Waals surface area contributed by atoms with Gasteiger partial charge in [-0.15, -0.1) is 0 Å². The van der Waals surface area contributed by atoms with Gasteiger partial charge < -0.3 is 19.1 Å². The lowest BCUT2D eigenvalue weighted by Gasteiger charge is -2.29. The molecule has 144 valence electrons. The number of benzene rings is 2. The minimum absolute atomic E-state index is 0.0786. The van der Waals surface area contributed by atoms with Crippen LogP contribution in [0.5, 0.6) is 17.2 Å². The number of rotatable bonds is 5. The Morgan fingerprint density at radius 1 is 1.07 bits per heavy atom. The third-order valence-corrected chi connectivity index (χ3v) is 5.10. The second-order valence-corrected chi connectivity index (χ2v) is 7.21. The summed E-state index contributed by atoms with van der Waals surface area (Å²) < 4.78 is 16.4. The number of hydrogen-bond donors (Lipinski definition) is 0. The van der Waals surface area contributed by atoms with Gasteiger partial charge in [-0.05, 0) is 54.3 Å². The van der Waals surface area contributed by atoms with Gasteiger partial charge in [-0.25, -0.2) is 0 Å². The van der Waals surface area contributed by atoms with Gasteiger partial charge in [0.15, 0.2) is 18.1 Å². The molecule has 1 aliphatic rings. The zero-order valence-electron chi connectivity index (χ0n) is 15.5. The van der Waals surface area contributed by atoms with Crippen LogP contribution in [0.2, 0.25) is 10.0 Å². The number of carbonyl (C=O) groups excluding carboxylic acids is 1. The van der Waals surface area contributed by atoms with Gasteiger partial charge in [-0.2, -0.15) is 0 Å². The van der Waals surface area contributed by atoms with E-state index in [2.05, 4.69) is 0 Å². The first-order valence-electron chi connectivity index (χ1n) is 8.53. The normalized spacial score (nSPS) is 13.1. The van der Waals surface area contributed by atoms with Crippen molar-refractivity contribution in [3.8, 4) is 17.2 Å². The van der Waals surface area contributed by atoms with Crippen molar-refractivity contribution in [2.24, 2.45) is 0 Å². The van der Waals surface area contributed by atoms with Crippen molar-refractivity contribution in [3.05, 3.63) is 51.0 Å². The van der Waals surface area contributed by atoms with E-state index in [1.165, 1.54) is 0 Å². The second kappa shape index (κ2) is 8.28. The third kappa shape index (κ3) is 4.25. The Kier molecular flexibility index (Phi) is 6.02. The van der Waals surface area contributed by atoms with Crippen LogP contribution in [0.3, 0.4) is 0 Å². The van der Waals surface area contributed by atoms with E-state index in [0.717, 1.165) is 23.1 Å². The molecule has 1 aliphatic heterocycles. The Morgan fingerprint density at radius 2 is 1.74 bits per heavy atom. The number of halogens is 2. The Labute approximate surface area is 168 Å². The number of ether oxygens (including phenoxy) is 3. The summed E-state index contributed by atoms with van der Waals surface area (Å²) in [7, 11) is 3.21. The van der Waals surface area contributed by atoms with Crippen LogP contribution >= 0.6 is 23.2 Å². The maximum Gasteiger partial charge on any atom is 0.260 e. The Hall–Kier alpha value is -2.11. The van der Waals surface area contributed by atoms with Crippen LogP contribution in [0, 0.1) is 6.92 Å². The van der Waals surface area contributed by atoms with Crippen LogP contribution in [-0.2, 0) is 17.8 Å². The van der Waals surface area contributed by atoms with E-state index >= 15 is 0 Å². The van der Waals surface area contributed by atoms with Gasteiger partial charge in [0.1, 0.15) is 5.75 Å². The fraction of sp³-hybridized carbons (Fsp3) is 0.350. The molecule has 0 saturated heterocycles. The van der Waals surface area contributed by atoms with Crippen molar-refractivity contribution in [1.82, 2.24) is 4.90 Å². The average Bonchev–Trinajstić information content (AvgIpc) is 2.65. The zero-order chi connectivity index (χ0) is 19.6. The number of carbonyl (C=O) groups is 1. The van der Waals surface area contributed by atoms with Crippen LogP contribution in [0.15, 0.2) is 24.3 Å². The minimum Gasteiger partial charge on any atom is -0.493 e. The molecule has 0 saturated carbocycles. The molecule has 0 fully saturated rings. The van der Waals surface area contributed by atoms with Crippen LogP contribution < -0.4 is 14.2 Å². The van der Waals surface area contributed by atoms with E-state index in [0.29, 0.717) is 40.4 Å². The Bertz CT molecular complexity index is 846. The van der Waals surface area contributed by atoms with Gasteiger partial charge in [0.2, 0.25) is 0 Å². The predicted molar refractivity (Wildman–Crippen MR) is 105 cm³/mol. The van der Waals surface area contributed by atoms with E-state index in [4.69, 9.17) is 37.4 Å². The molecule has 2 aromatic rings. The van der Waals surface area contributed by atoms with Crippen LogP contribution in [-0.4, -0.2) is 38.2 Å². The van der Waals surface area contributed by atoms with Crippen molar-refractivity contribution in [3.63, 3.8) is 0 Å². The van der Waals surface area contributed by atoms with Gasteiger partial charge in [0.25, 0.3) is 5.91 Å². The molecular formula is C20H21Cl2NO4. The summed E-state index contributed by atoms with van der Waals surface area (Å²) in [5, 5.41) is 0.932. The first-order valence-corrected chi connectivity index (χ1v) is 9.28. The highest BCUT2D eigenvalue weighted by Crippen LogP contribution is 2.34. The molecule has 1 amide bonds. The number of hydrogen-bond acceptors (Lipinski definition) is 4. The van der Waals surface area contributed by atoms with Crippen molar-refractivity contribution in [2.75, 3.05) is 27.4 Å². The van der Waals surface area contributed by atoms with E-state index in [-0.39, 0.29) is 12.5 Å². The maximum absolute atomic E-state index is 12.6. The van der Waals surface area contributed by atoms with Crippen molar-refractivity contribution < 1.29 is 19.0 Å². The lowest BCUT2D eigenvalue weighted by atomic mass is 9.99. The predicted octanol–water partition coefficient (Wildman–Crippen LogP) is 4.28. The van der Waals surface area contributed by atoms with E-state index in [1.807, 2.05) is 19.1 Å². The lowest BCUT2D eigenvalue weighted by Crippen LogP contribution is -2.38. The molecule has 3 rings (SSSR count). The molecule has 1 heterocycles. The smallest absolute Gasteiger partial charge is 0.260 e. The Morgan fingerprint density at radius 3 is 2.37 bits per heavy atom. The Balaban J connectivity index is 1.69. The minimum atomic E-state index is -0.0964. The van der Waals surface area contributed by atoms with Gasteiger partial charge in [0.05, 0.1) is 19.2 Å². The topological polar surface area (TPSA) is 48.0 Å². The summed E-state index contributed by atoms with van der Waals surface area (Å²) in [6.45, 7) is 2.89. The van der Waals surface area contributed by atoms with Crippen molar-refractivity contribution in [2.45, 2.75) is 19.9 Å². The molecular weight excluding hydrogens is 389 g/mol. The molecule has 0 atom stereocenters. The molecule has 0 unspecified atom stereocenters. The maximum atomic E-state index is 12.6. The van der Waals surface area contributed by atoms with Gasteiger partial charge >= 0.3 is 0 Å². The molecule has 27 heavy (non-hydrogen) atoms. The molecule has 0 radical (unpaired) electrons. The van der Waals surface area contributed by atoms with E-state index < -0.39 is 0 Å². The first-order chi connectivity index (χ1) is 12.9. The van der Waals surface area contributed by atoms with Gasteiger partial charge in [-0.1, -0.05) is 23.2 Å². The fourth-order valence-electron chi connectivity index (χ4n) is 3.19. The molecule has 0 spiro atoms. The van der Waals surface area contributed by atoms with Crippen LogP contribution in [0.1, 0.15) is 16.7 Å². The van der Waals surface area contributed by atoms with E-state index in [1.54, 1.807) is 31.3 Å². The molecule has 0 aromatic heterocycles. The fourth-order valence-corrected chi connectivity index (χ4v) is 3.84. The van der Waals surface area contributed by atoms with Crippen molar-refractivity contribution >= 4 is 29.1 Å². The summed E-state index contributed by atoms with van der Waals surface area (Å²) in [6, 6.07) is 7.26. The van der Waals surface area contributed by atoms with Gasteiger partial charge in [0, 0.05) is 18.1 Å². The third-order valence-electron chi connectivity index (χ3n) is 4.60.